The average Bonchev–Trinajstić information content (AvgIpc) is 3.02. The molecule has 3 rings (SSSR count). The van der Waals surface area contributed by atoms with Crippen LogP contribution in [-0.2, 0) is 0 Å². The minimum absolute atomic E-state index is 0.364. The number of nitrogens with one attached hydrogen (secondary N) is 1. The van der Waals surface area contributed by atoms with E-state index >= 15 is 0 Å². The van der Waals surface area contributed by atoms with Crippen molar-refractivity contribution >= 4 is 29.4 Å². The van der Waals surface area contributed by atoms with Gasteiger partial charge >= 0.3 is 0 Å². The molecule has 0 atom stereocenters. The number of hydrogen-bond acceptors (Lipinski definition) is 4. The molecule has 0 aromatic carbocycles. The number of aldehydes is 1. The molecule has 0 amide bonds. The summed E-state index contributed by atoms with van der Waals surface area (Å²) >= 11 is 5.96. The number of fused-ring (bicyclic) bond motifs is 1. The van der Waals surface area contributed by atoms with E-state index < -0.39 is 0 Å². The lowest BCUT2D eigenvalue weighted by molar-refractivity contribution is 0.112. The minimum Gasteiger partial charge on any atom is -0.367 e. The van der Waals surface area contributed by atoms with E-state index in [4.69, 9.17) is 11.6 Å². The number of carbonyl (C=O) groups excluding carboxylic acids is 1. The summed E-state index contributed by atoms with van der Waals surface area (Å²) in [5.74, 6) is 0.790. The number of aryl methyl sites for hydroxylation is 1. The predicted octanol–water partition coefficient (Wildman–Crippen LogP) is 2.08. The number of rotatable bonds is 3. The van der Waals surface area contributed by atoms with E-state index in [-0.39, 0.29) is 0 Å². The van der Waals surface area contributed by atoms with Gasteiger partial charge in [-0.15, -0.1) is 0 Å². The van der Waals surface area contributed by atoms with Gasteiger partial charge in [-0.3, -0.25) is 4.79 Å². The number of halogens is 1. The fourth-order valence-electron chi connectivity index (χ4n) is 1.79. The topological polar surface area (TPSA) is 59.3 Å². The van der Waals surface area contributed by atoms with Gasteiger partial charge in [0.2, 0.25) is 0 Å². The van der Waals surface area contributed by atoms with Gasteiger partial charge in [-0.2, -0.15) is 9.61 Å². The Balaban J connectivity index is 2.22. The molecule has 17 heavy (non-hydrogen) atoms. The van der Waals surface area contributed by atoms with Crippen LogP contribution in [0.3, 0.4) is 0 Å². The van der Waals surface area contributed by atoms with Crippen molar-refractivity contribution in [2.75, 3.05) is 5.32 Å². The molecular weight excluding hydrogens is 240 g/mol. The van der Waals surface area contributed by atoms with E-state index in [2.05, 4.69) is 15.4 Å². The molecule has 0 unspecified atom stereocenters. The summed E-state index contributed by atoms with van der Waals surface area (Å²) in [6.45, 7) is 1.78. The molecule has 0 radical (unpaired) electrons. The van der Waals surface area contributed by atoms with E-state index in [1.807, 2.05) is 0 Å². The zero-order valence-electron chi connectivity index (χ0n) is 9.27. The fourth-order valence-corrected chi connectivity index (χ4v) is 1.97. The van der Waals surface area contributed by atoms with E-state index in [9.17, 15) is 4.79 Å². The number of hydrogen-bond donors (Lipinski definition) is 1. The molecule has 0 spiro atoms. The first-order chi connectivity index (χ1) is 8.19. The van der Waals surface area contributed by atoms with Crippen molar-refractivity contribution in [2.24, 2.45) is 0 Å². The lowest BCUT2D eigenvalue weighted by atomic mass is 10.3. The molecule has 1 fully saturated rings. The average molecular weight is 251 g/mol. The minimum atomic E-state index is 0.364. The molecule has 5 nitrogen and oxygen atoms in total. The number of aromatic nitrogens is 3. The Bertz CT molecular complexity index is 603. The van der Waals surface area contributed by atoms with Crippen LogP contribution in [0.1, 0.15) is 28.9 Å². The lowest BCUT2D eigenvalue weighted by Gasteiger charge is -2.07. The molecule has 6 heteroatoms. The molecule has 2 heterocycles. The number of carbonyl (C=O) groups is 1. The Hall–Kier alpha value is -1.62. The molecule has 1 aliphatic carbocycles. The summed E-state index contributed by atoms with van der Waals surface area (Å²) in [6, 6.07) is 2.22. The lowest BCUT2D eigenvalue weighted by Crippen LogP contribution is -2.07. The van der Waals surface area contributed by atoms with Gasteiger partial charge in [-0.25, -0.2) is 4.98 Å². The Kier molecular flexibility index (Phi) is 2.29. The molecular formula is C11H11ClN4O. The zero-order valence-corrected chi connectivity index (χ0v) is 10.0. The Morgan fingerprint density at radius 3 is 3.00 bits per heavy atom. The summed E-state index contributed by atoms with van der Waals surface area (Å²) in [4.78, 5) is 15.2. The number of nitrogens with zero attached hydrogens (tertiary/aromatic N) is 3. The van der Waals surface area contributed by atoms with E-state index in [0.717, 1.165) is 24.9 Å². The monoisotopic (exact) mass is 250 g/mol. The van der Waals surface area contributed by atoms with Crippen molar-refractivity contribution in [3.05, 3.63) is 22.5 Å². The third-order valence-corrected chi connectivity index (χ3v) is 3.02. The summed E-state index contributed by atoms with van der Waals surface area (Å²) < 4.78 is 1.64. The SMILES string of the molecule is Cc1nn2c(NC3CC3)cc(Cl)nc2c1C=O. The molecule has 0 saturated heterocycles. The van der Waals surface area contributed by atoms with E-state index in [1.165, 1.54) is 0 Å². The standard InChI is InChI=1S/C11H11ClN4O/c1-6-8(5-17)11-14-9(12)4-10(16(11)15-6)13-7-2-3-7/h4-5,7,13H,2-3H2,1H3. The van der Waals surface area contributed by atoms with Gasteiger partial charge in [-0.05, 0) is 19.8 Å². The van der Waals surface area contributed by atoms with Crippen LogP contribution in [0.15, 0.2) is 6.07 Å². The number of anilines is 1. The van der Waals surface area contributed by atoms with E-state index in [1.54, 1.807) is 17.5 Å². The molecule has 1 aliphatic rings. The quantitative estimate of drug-likeness (QED) is 0.669. The van der Waals surface area contributed by atoms with Gasteiger partial charge in [0, 0.05) is 12.1 Å². The second-order valence-corrected chi connectivity index (χ2v) is 4.62. The van der Waals surface area contributed by atoms with Crippen molar-refractivity contribution in [1.82, 2.24) is 14.6 Å². The van der Waals surface area contributed by atoms with Crippen LogP contribution >= 0.6 is 11.6 Å². The molecule has 0 aliphatic heterocycles. The summed E-state index contributed by atoms with van der Waals surface area (Å²) in [5, 5.41) is 8.00. The molecule has 2 aromatic heterocycles. The summed E-state index contributed by atoms with van der Waals surface area (Å²) in [7, 11) is 0. The van der Waals surface area contributed by atoms with E-state index in [0.29, 0.717) is 28.1 Å². The van der Waals surface area contributed by atoms with Crippen LogP contribution < -0.4 is 5.32 Å². The molecule has 1 saturated carbocycles. The largest absolute Gasteiger partial charge is 0.367 e. The highest BCUT2D eigenvalue weighted by atomic mass is 35.5. The third kappa shape index (κ3) is 1.76. The van der Waals surface area contributed by atoms with Gasteiger partial charge in [-0.1, -0.05) is 11.6 Å². The summed E-state index contributed by atoms with van der Waals surface area (Å²) in [6.07, 6.45) is 3.08. The van der Waals surface area contributed by atoms with Crippen molar-refractivity contribution in [3.63, 3.8) is 0 Å². The molecule has 0 bridgehead atoms. The van der Waals surface area contributed by atoms with Gasteiger partial charge in [0.25, 0.3) is 0 Å². The smallest absolute Gasteiger partial charge is 0.169 e. The van der Waals surface area contributed by atoms with Crippen LogP contribution in [0.2, 0.25) is 5.15 Å². The highest BCUT2D eigenvalue weighted by Gasteiger charge is 2.23. The molecule has 88 valence electrons. The maximum Gasteiger partial charge on any atom is 0.169 e. The van der Waals surface area contributed by atoms with Gasteiger partial charge in [0.15, 0.2) is 11.9 Å². The van der Waals surface area contributed by atoms with Gasteiger partial charge < -0.3 is 5.32 Å². The highest BCUT2D eigenvalue weighted by Crippen LogP contribution is 2.27. The maximum atomic E-state index is 11.0. The van der Waals surface area contributed by atoms with Gasteiger partial charge in [0.05, 0.1) is 11.3 Å². The highest BCUT2D eigenvalue weighted by molar-refractivity contribution is 6.29. The van der Waals surface area contributed by atoms with Crippen molar-refractivity contribution in [3.8, 4) is 0 Å². The second-order valence-electron chi connectivity index (χ2n) is 4.24. The molecule has 2 aromatic rings. The zero-order chi connectivity index (χ0) is 12.0. The van der Waals surface area contributed by atoms with Crippen LogP contribution in [0.25, 0.3) is 5.65 Å². The van der Waals surface area contributed by atoms with Crippen LogP contribution in [-0.4, -0.2) is 26.9 Å². The Morgan fingerprint density at radius 1 is 1.59 bits per heavy atom. The second kappa shape index (κ2) is 3.70. The van der Waals surface area contributed by atoms with Crippen LogP contribution in [0.5, 0.6) is 0 Å². The predicted molar refractivity (Wildman–Crippen MR) is 64.8 cm³/mol. The Labute approximate surface area is 103 Å². The normalized spacial score (nSPS) is 15.2. The van der Waals surface area contributed by atoms with Crippen molar-refractivity contribution in [2.45, 2.75) is 25.8 Å². The summed E-state index contributed by atoms with van der Waals surface area (Å²) in [5.41, 5.74) is 1.66. The molecule has 1 N–H and O–H groups in total. The van der Waals surface area contributed by atoms with Crippen LogP contribution in [0.4, 0.5) is 5.82 Å². The first kappa shape index (κ1) is 10.5. The fraction of sp³-hybridized carbons (Fsp3) is 0.364. The maximum absolute atomic E-state index is 11.0. The Morgan fingerprint density at radius 2 is 2.35 bits per heavy atom. The van der Waals surface area contributed by atoms with Gasteiger partial charge in [0.1, 0.15) is 11.0 Å². The van der Waals surface area contributed by atoms with Crippen LogP contribution in [0, 0.1) is 6.92 Å². The first-order valence-electron chi connectivity index (χ1n) is 5.46. The van der Waals surface area contributed by atoms with Crippen molar-refractivity contribution < 1.29 is 4.79 Å². The van der Waals surface area contributed by atoms with Crippen molar-refractivity contribution in [1.29, 1.82) is 0 Å². The third-order valence-electron chi connectivity index (χ3n) is 2.83. The first-order valence-corrected chi connectivity index (χ1v) is 5.84.